The van der Waals surface area contributed by atoms with E-state index in [1.165, 1.54) is 0 Å². The van der Waals surface area contributed by atoms with Crippen LogP contribution in [0.3, 0.4) is 0 Å². The molecule has 2 aliphatic rings. The first-order chi connectivity index (χ1) is 7.77. The van der Waals surface area contributed by atoms with Crippen molar-refractivity contribution in [3.05, 3.63) is 0 Å². The molecule has 2 saturated heterocycles. The van der Waals surface area contributed by atoms with Crippen LogP contribution in [0.5, 0.6) is 0 Å². The largest absolute Gasteiger partial charge is 0.368 e. The van der Waals surface area contributed by atoms with Gasteiger partial charge in [-0.15, -0.1) is 0 Å². The molecule has 0 unspecified atom stereocenters. The zero-order valence-electron chi connectivity index (χ0n) is 9.61. The van der Waals surface area contributed by atoms with Gasteiger partial charge in [-0.3, -0.25) is 4.79 Å². The number of hydrogen-bond acceptors (Lipinski definition) is 4. The number of carbonyl (C=O) groups excluding carboxylic acids is 1. The number of rotatable bonds is 3. The van der Waals surface area contributed by atoms with Gasteiger partial charge in [0.2, 0.25) is 0 Å². The summed E-state index contributed by atoms with van der Waals surface area (Å²) in [7, 11) is 0. The summed E-state index contributed by atoms with van der Waals surface area (Å²) in [6, 6.07) is 0. The van der Waals surface area contributed by atoms with Crippen molar-refractivity contribution >= 4 is 5.91 Å². The van der Waals surface area contributed by atoms with Crippen molar-refractivity contribution in [2.45, 2.75) is 45.0 Å². The van der Waals surface area contributed by atoms with Crippen LogP contribution in [0.4, 0.5) is 0 Å². The third-order valence-electron chi connectivity index (χ3n) is 3.07. The highest BCUT2D eigenvalue weighted by Crippen LogP contribution is 2.20. The highest BCUT2D eigenvalue weighted by atomic mass is 16.8. The van der Waals surface area contributed by atoms with Gasteiger partial charge in [-0.2, -0.15) is 0 Å². The van der Waals surface area contributed by atoms with E-state index in [9.17, 15) is 4.79 Å². The van der Waals surface area contributed by atoms with Crippen molar-refractivity contribution in [3.63, 3.8) is 0 Å². The summed E-state index contributed by atoms with van der Waals surface area (Å²) in [5, 5.41) is 0. The van der Waals surface area contributed by atoms with Gasteiger partial charge >= 0.3 is 0 Å². The minimum atomic E-state index is -0.372. The second-order valence-electron chi connectivity index (χ2n) is 4.44. The van der Waals surface area contributed by atoms with Crippen molar-refractivity contribution < 1.29 is 19.1 Å². The molecule has 2 rings (SSSR count). The molecular formula is C11H19NO4. The van der Waals surface area contributed by atoms with Gasteiger partial charge in [0.25, 0.3) is 5.91 Å². The molecule has 0 saturated carbocycles. The van der Waals surface area contributed by atoms with Crippen molar-refractivity contribution in [1.29, 1.82) is 0 Å². The van der Waals surface area contributed by atoms with Gasteiger partial charge in [0, 0.05) is 19.6 Å². The lowest BCUT2D eigenvalue weighted by Crippen LogP contribution is -2.40. The molecule has 1 amide bonds. The van der Waals surface area contributed by atoms with Crippen LogP contribution in [-0.4, -0.2) is 31.5 Å². The average Bonchev–Trinajstić information content (AvgIpc) is 2.74. The average molecular weight is 229 g/mol. The van der Waals surface area contributed by atoms with Crippen LogP contribution in [0.2, 0.25) is 0 Å². The van der Waals surface area contributed by atoms with Crippen LogP contribution in [-0.2, 0) is 19.1 Å². The van der Waals surface area contributed by atoms with Gasteiger partial charge < -0.3 is 9.47 Å². The topological polar surface area (TPSA) is 56.8 Å². The monoisotopic (exact) mass is 229 g/mol. The number of amides is 1. The Hall–Kier alpha value is -0.650. The molecule has 2 heterocycles. The van der Waals surface area contributed by atoms with Crippen LogP contribution >= 0.6 is 0 Å². The minimum Gasteiger partial charge on any atom is -0.368 e. The van der Waals surface area contributed by atoms with Gasteiger partial charge in [-0.1, -0.05) is 6.92 Å². The zero-order valence-corrected chi connectivity index (χ0v) is 9.61. The first kappa shape index (κ1) is 11.8. The van der Waals surface area contributed by atoms with E-state index in [-0.39, 0.29) is 24.2 Å². The summed E-state index contributed by atoms with van der Waals surface area (Å²) in [5.74, 6) is 0.0649. The number of hydroxylamine groups is 1. The van der Waals surface area contributed by atoms with Crippen LogP contribution in [0.1, 0.15) is 32.6 Å². The summed E-state index contributed by atoms with van der Waals surface area (Å²) < 4.78 is 10.7. The molecule has 5 nitrogen and oxygen atoms in total. The van der Waals surface area contributed by atoms with Crippen molar-refractivity contribution in [3.8, 4) is 0 Å². The Morgan fingerprint density at radius 1 is 1.25 bits per heavy atom. The summed E-state index contributed by atoms with van der Waals surface area (Å²) in [6.07, 6.45) is 3.24. The van der Waals surface area contributed by atoms with Gasteiger partial charge in [0.1, 0.15) is 6.10 Å². The summed E-state index contributed by atoms with van der Waals surface area (Å²) in [5.41, 5.74) is 2.44. The minimum absolute atomic E-state index is 0.195. The van der Waals surface area contributed by atoms with Gasteiger partial charge in [-0.25, -0.2) is 10.3 Å². The lowest BCUT2D eigenvalue weighted by Gasteiger charge is -2.23. The molecule has 0 bridgehead atoms. The van der Waals surface area contributed by atoms with E-state index in [2.05, 4.69) is 5.48 Å². The maximum Gasteiger partial charge on any atom is 0.273 e. The molecule has 1 N–H and O–H groups in total. The Morgan fingerprint density at radius 2 is 2.12 bits per heavy atom. The Labute approximate surface area is 95.4 Å². The van der Waals surface area contributed by atoms with Crippen molar-refractivity contribution in [2.75, 3.05) is 13.2 Å². The molecule has 5 heteroatoms. The molecule has 0 radical (unpaired) electrons. The summed E-state index contributed by atoms with van der Waals surface area (Å²) >= 11 is 0. The third kappa shape index (κ3) is 2.93. The number of ether oxygens (including phenoxy) is 2. The lowest BCUT2D eigenvalue weighted by atomic mass is 10.0. The fraction of sp³-hybridized carbons (Fsp3) is 0.909. The van der Waals surface area contributed by atoms with E-state index in [0.717, 1.165) is 25.7 Å². The van der Waals surface area contributed by atoms with Crippen LogP contribution in [0.15, 0.2) is 0 Å². The molecule has 16 heavy (non-hydrogen) atoms. The van der Waals surface area contributed by atoms with Crippen molar-refractivity contribution in [2.24, 2.45) is 5.92 Å². The Kier molecular flexibility index (Phi) is 4.15. The predicted molar refractivity (Wildman–Crippen MR) is 56.3 cm³/mol. The maximum atomic E-state index is 11.7. The molecule has 92 valence electrons. The molecule has 0 spiro atoms. The van der Waals surface area contributed by atoms with E-state index in [0.29, 0.717) is 13.2 Å². The van der Waals surface area contributed by atoms with E-state index in [1.54, 1.807) is 0 Å². The SMILES string of the molecule is C[C@@H]1CCO[C@@H]1C(=O)NO[C@@H]1CCCCO1. The van der Waals surface area contributed by atoms with Crippen LogP contribution in [0.25, 0.3) is 0 Å². The second-order valence-corrected chi connectivity index (χ2v) is 4.44. The fourth-order valence-corrected chi connectivity index (χ4v) is 2.02. The predicted octanol–water partition coefficient (Wildman–Crippen LogP) is 0.986. The van der Waals surface area contributed by atoms with Gasteiger partial charge in [0.15, 0.2) is 6.29 Å². The number of nitrogens with one attached hydrogen (secondary N) is 1. The zero-order chi connectivity index (χ0) is 11.4. The Balaban J connectivity index is 1.70. The normalized spacial score (nSPS) is 34.9. The molecular weight excluding hydrogens is 210 g/mol. The standard InChI is InChI=1S/C11H19NO4/c1-8-5-7-15-10(8)11(13)12-16-9-4-2-3-6-14-9/h8-10H,2-7H2,1H3,(H,12,13)/t8-,9-,10+/m1/s1. The van der Waals surface area contributed by atoms with Crippen molar-refractivity contribution in [1.82, 2.24) is 5.48 Å². The molecule has 0 aromatic rings. The lowest BCUT2D eigenvalue weighted by molar-refractivity contribution is -0.204. The Bertz CT molecular complexity index is 240. The second kappa shape index (κ2) is 5.61. The van der Waals surface area contributed by atoms with Crippen LogP contribution < -0.4 is 5.48 Å². The molecule has 3 atom stereocenters. The summed E-state index contributed by atoms with van der Waals surface area (Å²) in [6.45, 7) is 3.37. The van der Waals surface area contributed by atoms with E-state index < -0.39 is 0 Å². The maximum absolute atomic E-state index is 11.7. The molecule has 2 fully saturated rings. The number of hydrogen-bond donors (Lipinski definition) is 1. The van der Waals surface area contributed by atoms with Gasteiger partial charge in [-0.05, 0) is 25.2 Å². The molecule has 2 aliphatic heterocycles. The van der Waals surface area contributed by atoms with Crippen LogP contribution in [0, 0.1) is 5.92 Å². The Morgan fingerprint density at radius 3 is 2.75 bits per heavy atom. The van der Waals surface area contributed by atoms with E-state index in [1.807, 2.05) is 6.92 Å². The highest BCUT2D eigenvalue weighted by Gasteiger charge is 2.31. The van der Waals surface area contributed by atoms with E-state index in [4.69, 9.17) is 14.3 Å². The third-order valence-corrected chi connectivity index (χ3v) is 3.07. The van der Waals surface area contributed by atoms with Gasteiger partial charge in [0.05, 0.1) is 0 Å². The molecule has 0 aliphatic carbocycles. The summed E-state index contributed by atoms with van der Waals surface area (Å²) in [4.78, 5) is 16.9. The fourth-order valence-electron chi connectivity index (χ4n) is 2.02. The first-order valence-electron chi connectivity index (χ1n) is 5.96. The quantitative estimate of drug-likeness (QED) is 0.733. The highest BCUT2D eigenvalue weighted by molar-refractivity contribution is 5.80. The smallest absolute Gasteiger partial charge is 0.273 e. The molecule has 0 aromatic carbocycles. The van der Waals surface area contributed by atoms with E-state index >= 15 is 0 Å². The molecule has 0 aromatic heterocycles. The first-order valence-corrected chi connectivity index (χ1v) is 5.96. The number of carbonyl (C=O) groups is 1.